The highest BCUT2D eigenvalue weighted by atomic mass is 19.4. The second kappa shape index (κ2) is 7.73. The Morgan fingerprint density at radius 1 is 1.19 bits per heavy atom. The van der Waals surface area contributed by atoms with E-state index in [1.54, 1.807) is 0 Å². The Morgan fingerprint density at radius 3 is 2.53 bits per heavy atom. The number of hydrogen-bond donors (Lipinski definition) is 1. The largest absolute Gasteiger partial charge is 0.419 e. The number of pyridine rings is 1. The van der Waals surface area contributed by atoms with Gasteiger partial charge in [0.2, 0.25) is 0 Å². The van der Waals surface area contributed by atoms with Crippen molar-refractivity contribution in [2.45, 2.75) is 63.9 Å². The van der Waals surface area contributed by atoms with E-state index in [2.05, 4.69) is 35.8 Å². The highest BCUT2D eigenvalue weighted by molar-refractivity contribution is 5.63. The van der Waals surface area contributed by atoms with Crippen molar-refractivity contribution in [1.29, 1.82) is 0 Å². The Morgan fingerprint density at radius 2 is 1.91 bits per heavy atom. The van der Waals surface area contributed by atoms with Gasteiger partial charge in [-0.15, -0.1) is 0 Å². The maximum atomic E-state index is 13.3. The molecule has 1 unspecified atom stereocenters. The number of ether oxygens (including phenoxy) is 1. The number of fused-ring (bicyclic) bond motifs is 1. The van der Waals surface area contributed by atoms with Crippen molar-refractivity contribution >= 4 is 5.82 Å². The van der Waals surface area contributed by atoms with E-state index in [0.717, 1.165) is 31.5 Å². The van der Waals surface area contributed by atoms with Crippen molar-refractivity contribution in [2.24, 2.45) is 11.8 Å². The van der Waals surface area contributed by atoms with Crippen LogP contribution in [0.3, 0.4) is 0 Å². The maximum Gasteiger partial charge on any atom is 0.419 e. The summed E-state index contributed by atoms with van der Waals surface area (Å²) < 4.78 is 47.6. The van der Waals surface area contributed by atoms with Crippen molar-refractivity contribution in [2.75, 3.05) is 25.4 Å². The minimum Gasteiger partial charge on any atom is -0.383 e. The molecule has 0 bridgehead atoms. The first-order valence-corrected chi connectivity index (χ1v) is 11.4. The van der Waals surface area contributed by atoms with Crippen molar-refractivity contribution in [3.63, 3.8) is 0 Å². The van der Waals surface area contributed by atoms with Crippen LogP contribution in [0.15, 0.2) is 18.3 Å². The fourth-order valence-electron chi connectivity index (χ4n) is 5.78. The van der Waals surface area contributed by atoms with Gasteiger partial charge < -0.3 is 10.5 Å². The summed E-state index contributed by atoms with van der Waals surface area (Å²) in [7, 11) is 0. The van der Waals surface area contributed by atoms with Gasteiger partial charge in [0.15, 0.2) is 0 Å². The molecule has 2 aromatic rings. The molecule has 6 nitrogen and oxygen atoms in total. The number of nitrogens with zero attached hydrogens (tertiary/aromatic N) is 4. The van der Waals surface area contributed by atoms with Crippen molar-refractivity contribution < 1.29 is 17.9 Å². The zero-order chi connectivity index (χ0) is 22.8. The van der Waals surface area contributed by atoms with Gasteiger partial charge in [-0.05, 0) is 57.6 Å². The molecule has 3 heterocycles. The highest BCUT2D eigenvalue weighted by Gasteiger charge is 2.58. The fraction of sp³-hybridized carbons (Fsp3) is 0.652. The Kier molecular flexibility index (Phi) is 5.24. The maximum absolute atomic E-state index is 13.3. The third-order valence-corrected chi connectivity index (χ3v) is 7.32. The molecule has 0 spiro atoms. The fourth-order valence-corrected chi connectivity index (χ4v) is 5.78. The van der Waals surface area contributed by atoms with Crippen LogP contribution in [0.1, 0.15) is 56.8 Å². The van der Waals surface area contributed by atoms with E-state index in [0.29, 0.717) is 35.1 Å². The summed E-state index contributed by atoms with van der Waals surface area (Å²) >= 11 is 0. The Bertz CT molecular complexity index is 992. The van der Waals surface area contributed by atoms with Crippen LogP contribution in [0, 0.1) is 11.8 Å². The zero-order valence-electron chi connectivity index (χ0n) is 18.6. The first-order chi connectivity index (χ1) is 15.1. The van der Waals surface area contributed by atoms with Gasteiger partial charge in [-0.1, -0.05) is 0 Å². The second-order valence-corrected chi connectivity index (χ2v) is 9.80. The second-order valence-electron chi connectivity index (χ2n) is 9.80. The SMILES string of the molecule is CC(C)n1nc(-c2cnc(N)c(C(F)(F)F)c2)cc1[C@@H]1[C@@H]2CC(N3CCO[C@H](C)C3)C[C@@H]21. The van der Waals surface area contributed by atoms with E-state index in [-0.39, 0.29) is 12.1 Å². The summed E-state index contributed by atoms with van der Waals surface area (Å²) in [6.45, 7) is 9.03. The van der Waals surface area contributed by atoms with Crippen LogP contribution >= 0.6 is 0 Å². The monoisotopic (exact) mass is 449 g/mol. The lowest BCUT2D eigenvalue weighted by Crippen LogP contribution is -2.46. The van der Waals surface area contributed by atoms with E-state index in [4.69, 9.17) is 10.5 Å². The molecule has 2 N–H and O–H groups in total. The van der Waals surface area contributed by atoms with Crippen LogP contribution < -0.4 is 5.73 Å². The third-order valence-electron chi connectivity index (χ3n) is 7.32. The molecule has 2 aliphatic carbocycles. The average Bonchev–Trinajstić information content (AvgIpc) is 3.08. The number of halogens is 3. The van der Waals surface area contributed by atoms with E-state index in [1.165, 1.54) is 19.0 Å². The number of aromatic nitrogens is 3. The lowest BCUT2D eigenvalue weighted by atomic mass is 10.0. The van der Waals surface area contributed by atoms with Crippen molar-refractivity contribution in [3.8, 4) is 11.3 Å². The summed E-state index contributed by atoms with van der Waals surface area (Å²) in [5, 5.41) is 4.68. The van der Waals surface area contributed by atoms with Crippen molar-refractivity contribution in [1.82, 2.24) is 19.7 Å². The van der Waals surface area contributed by atoms with Gasteiger partial charge >= 0.3 is 6.18 Å². The van der Waals surface area contributed by atoms with E-state index >= 15 is 0 Å². The van der Waals surface area contributed by atoms with E-state index in [9.17, 15) is 13.2 Å². The van der Waals surface area contributed by atoms with Crippen LogP contribution in [-0.4, -0.2) is 51.5 Å². The highest BCUT2D eigenvalue weighted by Crippen LogP contribution is 2.64. The van der Waals surface area contributed by atoms with Crippen LogP contribution in [0.2, 0.25) is 0 Å². The average molecular weight is 450 g/mol. The molecule has 32 heavy (non-hydrogen) atoms. The molecule has 174 valence electrons. The van der Waals surface area contributed by atoms with Crippen LogP contribution in [0.4, 0.5) is 19.0 Å². The summed E-state index contributed by atoms with van der Waals surface area (Å²) in [4.78, 5) is 6.35. The van der Waals surface area contributed by atoms with Crippen molar-refractivity contribution in [3.05, 3.63) is 29.6 Å². The molecule has 0 radical (unpaired) electrons. The topological polar surface area (TPSA) is 69.2 Å². The molecule has 3 aliphatic rings. The molecule has 1 saturated heterocycles. The van der Waals surface area contributed by atoms with Crippen LogP contribution in [0.25, 0.3) is 11.3 Å². The number of alkyl halides is 3. The molecule has 0 amide bonds. The van der Waals surface area contributed by atoms with Gasteiger partial charge in [0.05, 0.1) is 24.0 Å². The number of rotatable bonds is 4. The standard InChI is InChI=1S/C23H30F3N5O/c1-12(2)31-20(9-19(29-31)14-6-18(23(24,25)26)22(27)28-10-14)21-16-7-15(8-17(16)21)30-4-5-32-13(3)11-30/h6,9-10,12-13,15-17,21H,4-5,7-8,11H2,1-3H3,(H2,27,28)/t13-,15?,16-,17+,21-/m1/s1. The quantitative estimate of drug-likeness (QED) is 0.752. The zero-order valence-corrected chi connectivity index (χ0v) is 18.6. The lowest BCUT2D eigenvalue weighted by Gasteiger charge is -2.36. The summed E-state index contributed by atoms with van der Waals surface area (Å²) in [6.07, 6.45) is -0.540. The number of nitrogen functional groups attached to an aromatic ring is 1. The smallest absolute Gasteiger partial charge is 0.383 e. The van der Waals surface area contributed by atoms with Gasteiger partial charge in [-0.25, -0.2) is 4.98 Å². The van der Waals surface area contributed by atoms with Gasteiger partial charge in [0.25, 0.3) is 0 Å². The van der Waals surface area contributed by atoms with Gasteiger partial charge in [-0.2, -0.15) is 18.3 Å². The molecule has 5 rings (SSSR count). The summed E-state index contributed by atoms with van der Waals surface area (Å²) in [5.41, 5.74) is 6.55. The summed E-state index contributed by atoms with van der Waals surface area (Å²) in [5.74, 6) is 1.16. The van der Waals surface area contributed by atoms with Gasteiger partial charge in [-0.3, -0.25) is 9.58 Å². The number of hydrogen-bond acceptors (Lipinski definition) is 5. The Labute approximate surface area is 185 Å². The van der Waals surface area contributed by atoms with E-state index in [1.807, 2.05) is 10.7 Å². The number of morpholine rings is 1. The first-order valence-electron chi connectivity index (χ1n) is 11.4. The molecule has 2 saturated carbocycles. The molecule has 3 fully saturated rings. The molecular weight excluding hydrogens is 419 g/mol. The Balaban J connectivity index is 1.37. The molecule has 1 aliphatic heterocycles. The van der Waals surface area contributed by atoms with Gasteiger partial charge in [0, 0.05) is 48.5 Å². The number of nitrogens with two attached hydrogens (primary N) is 1. The van der Waals surface area contributed by atoms with E-state index < -0.39 is 17.6 Å². The Hall–Kier alpha value is -2.13. The van der Waals surface area contributed by atoms with Crippen LogP contribution in [0.5, 0.6) is 0 Å². The number of anilines is 1. The molecule has 2 aromatic heterocycles. The third kappa shape index (κ3) is 3.79. The first kappa shape index (κ1) is 21.7. The normalized spacial score (nSPS) is 30.7. The summed E-state index contributed by atoms with van der Waals surface area (Å²) in [6, 6.07) is 3.75. The molecular formula is C23H30F3N5O. The lowest BCUT2D eigenvalue weighted by molar-refractivity contribution is -0.137. The van der Waals surface area contributed by atoms with Crippen LogP contribution in [-0.2, 0) is 10.9 Å². The minimum atomic E-state index is -4.55. The predicted octanol–water partition coefficient (Wildman–Crippen LogP) is 4.34. The molecule has 0 aromatic carbocycles. The predicted molar refractivity (Wildman–Crippen MR) is 115 cm³/mol. The van der Waals surface area contributed by atoms with Gasteiger partial charge in [0.1, 0.15) is 5.82 Å². The molecule has 9 heteroatoms. The minimum absolute atomic E-state index is 0.125. The molecule has 5 atom stereocenters.